The zero-order valence-corrected chi connectivity index (χ0v) is 11.1. The zero-order chi connectivity index (χ0) is 14.5. The van der Waals surface area contributed by atoms with Crippen LogP contribution in [0.25, 0.3) is 0 Å². The minimum Gasteiger partial charge on any atom is -0.465 e. The molecular formula is C14H18N4O2. The zero-order valence-electron chi connectivity index (χ0n) is 11.1. The normalized spacial score (nSPS) is 21.8. The van der Waals surface area contributed by atoms with Crippen molar-refractivity contribution < 1.29 is 9.90 Å². The van der Waals surface area contributed by atoms with E-state index in [0.29, 0.717) is 11.3 Å². The third-order valence-electron chi connectivity index (χ3n) is 3.60. The average molecular weight is 274 g/mol. The third kappa shape index (κ3) is 3.54. The molecule has 0 saturated heterocycles. The van der Waals surface area contributed by atoms with Gasteiger partial charge in [-0.1, -0.05) is 0 Å². The Kier molecular flexibility index (Phi) is 4.31. The maximum Gasteiger partial charge on any atom is 0.404 e. The third-order valence-corrected chi connectivity index (χ3v) is 3.60. The summed E-state index contributed by atoms with van der Waals surface area (Å²) in [4.78, 5) is 10.6. The SMILES string of the molecule is N#Cc1ccc(N[C@H]2CC[C@H](NC(=O)O)CC2)c(N)c1. The van der Waals surface area contributed by atoms with Crippen LogP contribution in [-0.2, 0) is 0 Å². The number of nitrogens with two attached hydrogens (primary N) is 1. The highest BCUT2D eigenvalue weighted by molar-refractivity contribution is 5.68. The minimum atomic E-state index is -0.960. The monoisotopic (exact) mass is 274 g/mol. The molecule has 0 aromatic heterocycles. The first-order valence-electron chi connectivity index (χ1n) is 6.64. The Hall–Kier alpha value is -2.42. The number of anilines is 2. The minimum absolute atomic E-state index is 0.0452. The first-order valence-corrected chi connectivity index (χ1v) is 6.64. The first kappa shape index (κ1) is 14.0. The molecule has 1 aromatic rings. The van der Waals surface area contributed by atoms with Gasteiger partial charge in [-0.05, 0) is 43.9 Å². The van der Waals surface area contributed by atoms with Gasteiger partial charge >= 0.3 is 6.09 Å². The number of carboxylic acid groups (broad SMARTS) is 1. The lowest BCUT2D eigenvalue weighted by atomic mass is 9.91. The van der Waals surface area contributed by atoms with Crippen molar-refractivity contribution in [2.75, 3.05) is 11.1 Å². The molecule has 0 unspecified atom stereocenters. The largest absolute Gasteiger partial charge is 0.465 e. The summed E-state index contributed by atoms with van der Waals surface area (Å²) in [7, 11) is 0. The van der Waals surface area contributed by atoms with Gasteiger partial charge in [0.1, 0.15) is 0 Å². The second-order valence-corrected chi connectivity index (χ2v) is 5.06. The van der Waals surface area contributed by atoms with Crippen LogP contribution in [-0.4, -0.2) is 23.3 Å². The van der Waals surface area contributed by atoms with E-state index in [1.165, 1.54) is 0 Å². The Morgan fingerprint density at radius 3 is 2.50 bits per heavy atom. The molecule has 1 aromatic carbocycles. The van der Waals surface area contributed by atoms with Crippen molar-refractivity contribution in [2.45, 2.75) is 37.8 Å². The molecule has 0 spiro atoms. The van der Waals surface area contributed by atoms with E-state index >= 15 is 0 Å². The molecule has 20 heavy (non-hydrogen) atoms. The van der Waals surface area contributed by atoms with Crippen LogP contribution in [0.1, 0.15) is 31.2 Å². The predicted molar refractivity (Wildman–Crippen MR) is 76.4 cm³/mol. The number of nitrogen functional groups attached to an aromatic ring is 1. The van der Waals surface area contributed by atoms with Gasteiger partial charge in [0.15, 0.2) is 0 Å². The summed E-state index contributed by atoms with van der Waals surface area (Å²) in [6, 6.07) is 7.59. The number of carbonyl (C=O) groups is 1. The molecule has 0 heterocycles. The molecule has 1 aliphatic rings. The second kappa shape index (κ2) is 6.15. The van der Waals surface area contributed by atoms with E-state index in [0.717, 1.165) is 31.4 Å². The summed E-state index contributed by atoms with van der Waals surface area (Å²) < 4.78 is 0. The molecule has 6 heteroatoms. The summed E-state index contributed by atoms with van der Waals surface area (Å²) >= 11 is 0. The molecule has 2 rings (SSSR count). The van der Waals surface area contributed by atoms with Crippen molar-refractivity contribution in [2.24, 2.45) is 0 Å². The smallest absolute Gasteiger partial charge is 0.404 e. The molecule has 1 fully saturated rings. The summed E-state index contributed by atoms with van der Waals surface area (Å²) in [5.41, 5.74) is 7.84. The number of nitrogens with zero attached hydrogens (tertiary/aromatic N) is 1. The van der Waals surface area contributed by atoms with Crippen molar-refractivity contribution in [3.63, 3.8) is 0 Å². The van der Waals surface area contributed by atoms with Gasteiger partial charge in [0.25, 0.3) is 0 Å². The molecular weight excluding hydrogens is 256 g/mol. The number of nitrogens with one attached hydrogen (secondary N) is 2. The lowest BCUT2D eigenvalue weighted by Crippen LogP contribution is -2.39. The maximum absolute atomic E-state index is 10.6. The molecule has 106 valence electrons. The number of rotatable bonds is 3. The number of hydrogen-bond donors (Lipinski definition) is 4. The quantitative estimate of drug-likeness (QED) is 0.631. The van der Waals surface area contributed by atoms with Crippen LogP contribution in [0.4, 0.5) is 16.2 Å². The molecule has 0 bridgehead atoms. The van der Waals surface area contributed by atoms with E-state index in [1.807, 2.05) is 6.07 Å². The van der Waals surface area contributed by atoms with Crippen LogP contribution in [0.3, 0.4) is 0 Å². The van der Waals surface area contributed by atoms with Crippen LogP contribution >= 0.6 is 0 Å². The number of nitriles is 1. The van der Waals surface area contributed by atoms with Gasteiger partial charge < -0.3 is 21.5 Å². The highest BCUT2D eigenvalue weighted by Gasteiger charge is 2.22. The van der Waals surface area contributed by atoms with Gasteiger partial charge in [-0.25, -0.2) is 4.79 Å². The molecule has 1 saturated carbocycles. The fourth-order valence-electron chi connectivity index (χ4n) is 2.54. The fourth-order valence-corrected chi connectivity index (χ4v) is 2.54. The highest BCUT2D eigenvalue weighted by atomic mass is 16.4. The summed E-state index contributed by atoms with van der Waals surface area (Å²) in [5, 5.41) is 23.4. The summed E-state index contributed by atoms with van der Waals surface area (Å²) in [5.74, 6) is 0. The lowest BCUT2D eigenvalue weighted by Gasteiger charge is -2.30. The van der Waals surface area contributed by atoms with E-state index in [2.05, 4.69) is 16.7 Å². The van der Waals surface area contributed by atoms with E-state index in [9.17, 15) is 4.79 Å². The predicted octanol–water partition coefficient (Wildman–Crippen LogP) is 2.13. The van der Waals surface area contributed by atoms with Crippen LogP contribution in [0, 0.1) is 11.3 Å². The summed E-state index contributed by atoms with van der Waals surface area (Å²) in [6.07, 6.45) is 2.47. The molecule has 0 atom stereocenters. The molecule has 6 nitrogen and oxygen atoms in total. The van der Waals surface area contributed by atoms with E-state index in [1.54, 1.807) is 12.1 Å². The standard InChI is InChI=1S/C14H18N4O2/c15-8-9-1-6-13(12(16)7-9)17-10-2-4-11(5-3-10)18-14(19)20/h1,6-7,10-11,17-18H,2-5,16H2,(H,19,20)/t10-,11-. The second-order valence-electron chi connectivity index (χ2n) is 5.06. The molecule has 1 aliphatic carbocycles. The van der Waals surface area contributed by atoms with Crippen molar-refractivity contribution in [3.05, 3.63) is 23.8 Å². The summed E-state index contributed by atoms with van der Waals surface area (Å²) in [6.45, 7) is 0. The Balaban J connectivity index is 1.90. The molecule has 0 radical (unpaired) electrons. The Labute approximate surface area is 117 Å². The van der Waals surface area contributed by atoms with Gasteiger partial charge in [-0.15, -0.1) is 0 Å². The van der Waals surface area contributed by atoms with E-state index in [-0.39, 0.29) is 12.1 Å². The number of hydrogen-bond acceptors (Lipinski definition) is 4. The molecule has 1 amide bonds. The Morgan fingerprint density at radius 2 is 1.95 bits per heavy atom. The topological polar surface area (TPSA) is 111 Å². The highest BCUT2D eigenvalue weighted by Crippen LogP contribution is 2.26. The van der Waals surface area contributed by atoms with Crippen molar-refractivity contribution in [1.82, 2.24) is 5.32 Å². The van der Waals surface area contributed by atoms with Crippen molar-refractivity contribution in [1.29, 1.82) is 5.26 Å². The Morgan fingerprint density at radius 1 is 1.30 bits per heavy atom. The van der Waals surface area contributed by atoms with Crippen LogP contribution < -0.4 is 16.4 Å². The van der Waals surface area contributed by atoms with Gasteiger partial charge in [0.05, 0.1) is 23.0 Å². The average Bonchev–Trinajstić information content (AvgIpc) is 2.42. The van der Waals surface area contributed by atoms with Crippen LogP contribution in [0.2, 0.25) is 0 Å². The van der Waals surface area contributed by atoms with E-state index < -0.39 is 6.09 Å². The van der Waals surface area contributed by atoms with Gasteiger partial charge in [0.2, 0.25) is 0 Å². The maximum atomic E-state index is 10.6. The number of amides is 1. The Bertz CT molecular complexity index is 530. The lowest BCUT2D eigenvalue weighted by molar-refractivity contribution is 0.185. The van der Waals surface area contributed by atoms with Crippen molar-refractivity contribution >= 4 is 17.5 Å². The number of benzene rings is 1. The van der Waals surface area contributed by atoms with Gasteiger partial charge in [0, 0.05) is 12.1 Å². The molecule has 0 aliphatic heterocycles. The van der Waals surface area contributed by atoms with Crippen LogP contribution in [0.15, 0.2) is 18.2 Å². The van der Waals surface area contributed by atoms with Crippen molar-refractivity contribution in [3.8, 4) is 6.07 Å². The van der Waals surface area contributed by atoms with Gasteiger partial charge in [-0.2, -0.15) is 5.26 Å². The van der Waals surface area contributed by atoms with E-state index in [4.69, 9.17) is 16.1 Å². The molecule has 5 N–H and O–H groups in total. The fraction of sp³-hybridized carbons (Fsp3) is 0.429. The van der Waals surface area contributed by atoms with Gasteiger partial charge in [-0.3, -0.25) is 0 Å². The van der Waals surface area contributed by atoms with Crippen LogP contribution in [0.5, 0.6) is 0 Å². The first-order chi connectivity index (χ1) is 9.58.